The minimum absolute atomic E-state index is 0.00353. The highest BCUT2D eigenvalue weighted by atomic mass is 35.5. The van der Waals surface area contributed by atoms with Crippen molar-refractivity contribution in [2.24, 2.45) is 0 Å². The second-order valence-corrected chi connectivity index (χ2v) is 12.7. The first-order valence-electron chi connectivity index (χ1n) is 15.8. The maximum atomic E-state index is 13.4. The maximum absolute atomic E-state index is 13.4. The SMILES string of the molecule is O=C(N[C@@H](C=C1CCC(c2ccccc2CN2CCCCC2=O)CC1)Cc1ccc(Cl)cc1)c1cc(=O)c2cc(O)c(O)cc2o1. The summed E-state index contributed by atoms with van der Waals surface area (Å²) in [5, 5.41) is 23.4. The van der Waals surface area contributed by atoms with Crippen LogP contribution in [0.5, 0.6) is 11.5 Å². The summed E-state index contributed by atoms with van der Waals surface area (Å²) in [6.07, 6.45) is 8.97. The Balaban J connectivity index is 1.19. The molecule has 3 aromatic carbocycles. The van der Waals surface area contributed by atoms with E-state index in [2.05, 4.69) is 35.7 Å². The number of hydrogen-bond donors (Lipinski definition) is 3. The number of phenols is 2. The fraction of sp³-hybridized carbons (Fsp3) is 0.324. The van der Waals surface area contributed by atoms with E-state index in [4.69, 9.17) is 16.0 Å². The van der Waals surface area contributed by atoms with Crippen molar-refractivity contribution in [3.63, 3.8) is 0 Å². The first kappa shape index (κ1) is 31.4. The van der Waals surface area contributed by atoms with Crippen LogP contribution in [-0.4, -0.2) is 39.5 Å². The Morgan fingerprint density at radius 1 is 0.978 bits per heavy atom. The first-order chi connectivity index (χ1) is 22.2. The normalized spacial score (nSPS) is 17.6. The molecule has 4 aromatic rings. The lowest BCUT2D eigenvalue weighted by atomic mass is 9.79. The van der Waals surface area contributed by atoms with E-state index in [0.717, 1.165) is 68.8 Å². The number of fused-ring (bicyclic) bond motifs is 1. The Morgan fingerprint density at radius 3 is 2.48 bits per heavy atom. The van der Waals surface area contributed by atoms with Crippen LogP contribution in [0.2, 0.25) is 5.02 Å². The highest BCUT2D eigenvalue weighted by molar-refractivity contribution is 6.30. The molecule has 2 aliphatic rings. The fourth-order valence-corrected chi connectivity index (χ4v) is 6.74. The van der Waals surface area contributed by atoms with Crippen molar-refractivity contribution < 1.29 is 24.2 Å². The van der Waals surface area contributed by atoms with Gasteiger partial charge in [-0.1, -0.05) is 59.6 Å². The molecule has 1 atom stereocenters. The molecule has 2 fully saturated rings. The van der Waals surface area contributed by atoms with Gasteiger partial charge >= 0.3 is 0 Å². The van der Waals surface area contributed by atoms with Gasteiger partial charge in [0.05, 0.1) is 11.4 Å². The van der Waals surface area contributed by atoms with Crippen molar-refractivity contribution in [3.8, 4) is 11.5 Å². The second-order valence-electron chi connectivity index (χ2n) is 12.3. The topological polar surface area (TPSA) is 120 Å². The molecule has 1 aromatic heterocycles. The van der Waals surface area contributed by atoms with E-state index in [0.29, 0.717) is 30.3 Å². The maximum Gasteiger partial charge on any atom is 0.287 e. The van der Waals surface area contributed by atoms with Gasteiger partial charge in [-0.2, -0.15) is 0 Å². The summed E-state index contributed by atoms with van der Waals surface area (Å²) in [5.41, 5.74) is 4.28. The predicted molar refractivity (Wildman–Crippen MR) is 177 cm³/mol. The Morgan fingerprint density at radius 2 is 1.72 bits per heavy atom. The highest BCUT2D eigenvalue weighted by Gasteiger charge is 2.25. The number of aromatic hydroxyl groups is 2. The third-order valence-corrected chi connectivity index (χ3v) is 9.33. The number of hydrogen-bond acceptors (Lipinski definition) is 6. The highest BCUT2D eigenvalue weighted by Crippen LogP contribution is 2.38. The molecule has 0 spiro atoms. The molecule has 0 radical (unpaired) electrons. The molecule has 1 aliphatic carbocycles. The van der Waals surface area contributed by atoms with Gasteiger partial charge in [0.25, 0.3) is 5.91 Å². The standard InChI is InChI=1S/C37H37ClN2O6/c38-27-14-10-24(11-15-27)18-28(39-37(45)35-20-31(41)30-19-32(42)33(43)21-34(30)46-35)17-23-8-12-25(13-9-23)29-6-2-1-5-26(29)22-40-16-4-3-7-36(40)44/h1-2,5-6,10-11,14-15,17,19-21,25,28,42-43H,3-4,7-9,12-13,16,18,22H2,(H,39,45)/t25?,28-/m0/s1. The van der Waals surface area contributed by atoms with E-state index in [1.807, 2.05) is 29.2 Å². The summed E-state index contributed by atoms with van der Waals surface area (Å²) in [4.78, 5) is 40.6. The number of benzene rings is 3. The Hall–Kier alpha value is -4.56. The van der Waals surface area contributed by atoms with Crippen LogP contribution in [0, 0.1) is 0 Å². The largest absolute Gasteiger partial charge is 0.504 e. The molecular weight excluding hydrogens is 604 g/mol. The van der Waals surface area contributed by atoms with E-state index in [-0.39, 0.29) is 28.7 Å². The lowest BCUT2D eigenvalue weighted by Crippen LogP contribution is -2.36. The van der Waals surface area contributed by atoms with Crippen molar-refractivity contribution in [1.82, 2.24) is 10.2 Å². The van der Waals surface area contributed by atoms with E-state index in [1.165, 1.54) is 16.7 Å². The summed E-state index contributed by atoms with van der Waals surface area (Å²) in [5.74, 6) is -1.00. The van der Waals surface area contributed by atoms with Crippen LogP contribution in [0.4, 0.5) is 0 Å². The molecule has 2 heterocycles. The van der Waals surface area contributed by atoms with Gasteiger partial charge in [-0.25, -0.2) is 0 Å². The molecule has 3 N–H and O–H groups in total. The molecule has 1 saturated carbocycles. The minimum atomic E-state index is -0.558. The number of likely N-dealkylation sites (tertiary alicyclic amines) is 1. The van der Waals surface area contributed by atoms with Crippen molar-refractivity contribution in [2.45, 2.75) is 69.9 Å². The third-order valence-electron chi connectivity index (χ3n) is 9.08. The molecule has 238 valence electrons. The van der Waals surface area contributed by atoms with E-state index < -0.39 is 22.8 Å². The van der Waals surface area contributed by atoms with Crippen LogP contribution >= 0.6 is 11.6 Å². The Kier molecular flexibility index (Phi) is 9.45. The van der Waals surface area contributed by atoms with Gasteiger partial charge in [-0.15, -0.1) is 0 Å². The van der Waals surface area contributed by atoms with Crippen molar-refractivity contribution in [2.75, 3.05) is 6.54 Å². The van der Waals surface area contributed by atoms with Gasteiger partial charge in [0.1, 0.15) is 5.58 Å². The summed E-state index contributed by atoms with van der Waals surface area (Å²) >= 11 is 6.11. The summed E-state index contributed by atoms with van der Waals surface area (Å²) < 4.78 is 5.69. The number of allylic oxidation sites excluding steroid dienone is 1. The average molecular weight is 641 g/mol. The Bertz CT molecular complexity index is 1840. The number of halogens is 1. The van der Waals surface area contributed by atoms with Crippen LogP contribution in [0.15, 0.2) is 87.6 Å². The lowest BCUT2D eigenvalue weighted by Gasteiger charge is -2.31. The molecule has 0 unspecified atom stereocenters. The van der Waals surface area contributed by atoms with E-state index in [9.17, 15) is 24.6 Å². The van der Waals surface area contributed by atoms with Gasteiger partial charge in [0.2, 0.25) is 5.91 Å². The first-order valence-corrected chi connectivity index (χ1v) is 16.2. The number of amides is 2. The number of rotatable bonds is 8. The molecule has 46 heavy (non-hydrogen) atoms. The molecule has 0 bridgehead atoms. The number of carbonyl (C=O) groups excluding carboxylic acids is 2. The predicted octanol–water partition coefficient (Wildman–Crippen LogP) is 7.00. The van der Waals surface area contributed by atoms with Crippen molar-refractivity contribution >= 4 is 34.4 Å². The summed E-state index contributed by atoms with van der Waals surface area (Å²) in [6, 6.07) is 18.9. The molecule has 9 heteroatoms. The smallest absolute Gasteiger partial charge is 0.287 e. The van der Waals surface area contributed by atoms with Crippen LogP contribution in [0.25, 0.3) is 11.0 Å². The van der Waals surface area contributed by atoms with Crippen LogP contribution in [-0.2, 0) is 17.8 Å². The Labute approximate surface area is 272 Å². The minimum Gasteiger partial charge on any atom is -0.504 e. The van der Waals surface area contributed by atoms with Crippen molar-refractivity contribution in [1.29, 1.82) is 0 Å². The molecular formula is C37H37ClN2O6. The van der Waals surface area contributed by atoms with Crippen LogP contribution in [0.1, 0.15) is 78.1 Å². The summed E-state index contributed by atoms with van der Waals surface area (Å²) in [6.45, 7) is 1.48. The number of carbonyl (C=O) groups is 2. The number of nitrogens with one attached hydrogen (secondary N) is 1. The molecule has 2 amide bonds. The van der Waals surface area contributed by atoms with Gasteiger partial charge < -0.3 is 24.8 Å². The average Bonchev–Trinajstić information content (AvgIpc) is 3.05. The summed E-state index contributed by atoms with van der Waals surface area (Å²) in [7, 11) is 0. The van der Waals surface area contributed by atoms with E-state index >= 15 is 0 Å². The van der Waals surface area contributed by atoms with E-state index in [1.54, 1.807) is 0 Å². The van der Waals surface area contributed by atoms with Gasteiger partial charge in [-0.05, 0) is 85.8 Å². The van der Waals surface area contributed by atoms with Gasteiger partial charge in [0, 0.05) is 36.7 Å². The lowest BCUT2D eigenvalue weighted by molar-refractivity contribution is -0.133. The van der Waals surface area contributed by atoms with Crippen molar-refractivity contribution in [3.05, 3.63) is 116 Å². The van der Waals surface area contributed by atoms with Gasteiger partial charge in [-0.3, -0.25) is 14.4 Å². The van der Waals surface area contributed by atoms with Crippen LogP contribution in [0.3, 0.4) is 0 Å². The number of nitrogens with zero attached hydrogens (tertiary/aromatic N) is 1. The molecule has 1 aliphatic heterocycles. The number of piperidine rings is 1. The van der Waals surface area contributed by atoms with Crippen LogP contribution < -0.4 is 10.7 Å². The third kappa shape index (κ3) is 7.29. The molecule has 8 nitrogen and oxygen atoms in total. The zero-order valence-corrected chi connectivity index (χ0v) is 26.3. The molecule has 1 saturated heterocycles. The zero-order chi connectivity index (χ0) is 32.2. The molecule has 6 rings (SSSR count). The number of phenolic OH excluding ortho intramolecular Hbond substituents is 2. The monoisotopic (exact) mass is 640 g/mol. The fourth-order valence-electron chi connectivity index (χ4n) is 6.62. The quantitative estimate of drug-likeness (QED) is 0.141. The zero-order valence-electron chi connectivity index (χ0n) is 25.5. The second kappa shape index (κ2) is 13.8. The van der Waals surface area contributed by atoms with Gasteiger partial charge in [0.15, 0.2) is 22.7 Å².